The first-order chi connectivity index (χ1) is 12.7. The molecule has 0 spiro atoms. The summed E-state index contributed by atoms with van der Waals surface area (Å²) in [5, 5.41) is 0.0594. The van der Waals surface area contributed by atoms with Crippen molar-refractivity contribution in [2.45, 2.75) is 12.5 Å². The molecule has 2 aromatic rings. The molecule has 2 aromatic carbocycles. The third kappa shape index (κ3) is 5.10. The van der Waals surface area contributed by atoms with Crippen molar-refractivity contribution < 1.29 is 18.6 Å². The normalized spacial score (nSPS) is 16.3. The number of hydrogen-bond acceptors (Lipinski definition) is 4. The molecule has 1 fully saturated rings. The van der Waals surface area contributed by atoms with Crippen molar-refractivity contribution in [3.8, 4) is 11.5 Å². The van der Waals surface area contributed by atoms with Crippen molar-refractivity contribution in [2.24, 2.45) is 0 Å². The van der Waals surface area contributed by atoms with E-state index in [1.165, 1.54) is 12.1 Å². The summed E-state index contributed by atoms with van der Waals surface area (Å²) in [7, 11) is 1.64. The third-order valence-corrected chi connectivity index (χ3v) is 4.76. The van der Waals surface area contributed by atoms with Crippen LogP contribution in [0, 0.1) is 5.82 Å². The van der Waals surface area contributed by atoms with Crippen molar-refractivity contribution in [1.82, 2.24) is 4.90 Å². The zero-order valence-corrected chi connectivity index (χ0v) is 15.5. The van der Waals surface area contributed by atoms with Crippen molar-refractivity contribution >= 4 is 11.6 Å². The maximum atomic E-state index is 13.4. The Hall–Kier alpha value is -1.82. The third-order valence-electron chi connectivity index (χ3n) is 4.47. The Labute approximate surface area is 158 Å². The summed E-state index contributed by atoms with van der Waals surface area (Å²) in [5.74, 6) is 0.901. The van der Waals surface area contributed by atoms with Gasteiger partial charge < -0.3 is 14.2 Å². The van der Waals surface area contributed by atoms with Crippen LogP contribution in [0.25, 0.3) is 0 Å². The lowest BCUT2D eigenvalue weighted by Gasteiger charge is -2.28. The predicted octanol–water partition coefficient (Wildman–Crippen LogP) is 4.33. The highest BCUT2D eigenvalue weighted by molar-refractivity contribution is 6.30. The molecule has 0 unspecified atom stereocenters. The van der Waals surface area contributed by atoms with Gasteiger partial charge in [-0.2, -0.15) is 0 Å². The van der Waals surface area contributed by atoms with Crippen LogP contribution in [-0.2, 0) is 4.74 Å². The highest BCUT2D eigenvalue weighted by atomic mass is 35.5. The SMILES string of the molecule is COc1ccc([C@H](CCN2CCOCC2)Oc2ccc(F)c(Cl)c2)cc1. The number of rotatable bonds is 7. The monoisotopic (exact) mass is 379 g/mol. The van der Waals surface area contributed by atoms with E-state index in [1.54, 1.807) is 13.2 Å². The number of morpholine rings is 1. The lowest BCUT2D eigenvalue weighted by Crippen LogP contribution is -2.37. The minimum absolute atomic E-state index is 0.0594. The summed E-state index contributed by atoms with van der Waals surface area (Å²) in [6.07, 6.45) is 0.645. The van der Waals surface area contributed by atoms with Gasteiger partial charge in [0.1, 0.15) is 23.4 Å². The van der Waals surface area contributed by atoms with Gasteiger partial charge in [-0.1, -0.05) is 23.7 Å². The fourth-order valence-corrected chi connectivity index (χ4v) is 3.12. The Kier molecular flexibility index (Phi) is 6.72. The van der Waals surface area contributed by atoms with E-state index < -0.39 is 5.82 Å². The summed E-state index contributed by atoms with van der Waals surface area (Å²) in [5.41, 5.74) is 1.04. The van der Waals surface area contributed by atoms with Crippen molar-refractivity contribution in [2.75, 3.05) is 40.0 Å². The van der Waals surface area contributed by atoms with Crippen LogP contribution in [0.5, 0.6) is 11.5 Å². The Morgan fingerprint density at radius 3 is 2.46 bits per heavy atom. The maximum Gasteiger partial charge on any atom is 0.142 e. The number of nitrogens with zero attached hydrogens (tertiary/aromatic N) is 1. The maximum absolute atomic E-state index is 13.4. The molecule has 0 radical (unpaired) electrons. The van der Waals surface area contributed by atoms with Gasteiger partial charge in [0.05, 0.1) is 25.3 Å². The van der Waals surface area contributed by atoms with Gasteiger partial charge in [-0.05, 0) is 29.8 Å². The molecule has 1 heterocycles. The van der Waals surface area contributed by atoms with E-state index in [9.17, 15) is 4.39 Å². The molecule has 1 atom stereocenters. The number of methoxy groups -OCH3 is 1. The van der Waals surface area contributed by atoms with Crippen LogP contribution < -0.4 is 9.47 Å². The Morgan fingerprint density at radius 2 is 1.81 bits per heavy atom. The predicted molar refractivity (Wildman–Crippen MR) is 99.6 cm³/mol. The van der Waals surface area contributed by atoms with Gasteiger partial charge in [-0.3, -0.25) is 4.90 Å². The summed E-state index contributed by atoms with van der Waals surface area (Å²) >= 11 is 5.89. The second-order valence-corrected chi connectivity index (χ2v) is 6.61. The molecule has 0 aromatic heterocycles. The molecule has 140 valence electrons. The summed E-state index contributed by atoms with van der Waals surface area (Å²) < 4.78 is 30.2. The zero-order chi connectivity index (χ0) is 18.4. The van der Waals surface area contributed by atoms with Crippen molar-refractivity contribution in [1.29, 1.82) is 0 Å². The summed E-state index contributed by atoms with van der Waals surface area (Å²) in [4.78, 5) is 2.36. The van der Waals surface area contributed by atoms with Gasteiger partial charge in [0.2, 0.25) is 0 Å². The average molecular weight is 380 g/mol. The molecule has 1 aliphatic heterocycles. The number of benzene rings is 2. The number of hydrogen-bond donors (Lipinski definition) is 0. The summed E-state index contributed by atoms with van der Waals surface area (Å²) in [6.45, 7) is 4.29. The molecule has 0 saturated carbocycles. The first-order valence-corrected chi connectivity index (χ1v) is 9.09. The lowest BCUT2D eigenvalue weighted by atomic mass is 10.1. The molecule has 4 nitrogen and oxygen atoms in total. The lowest BCUT2D eigenvalue weighted by molar-refractivity contribution is 0.0317. The second kappa shape index (κ2) is 9.21. The Morgan fingerprint density at radius 1 is 1.12 bits per heavy atom. The van der Waals surface area contributed by atoms with Crippen LogP contribution in [0.4, 0.5) is 4.39 Å². The van der Waals surface area contributed by atoms with Crippen LogP contribution in [0.3, 0.4) is 0 Å². The fourth-order valence-electron chi connectivity index (χ4n) is 2.95. The molecule has 1 saturated heterocycles. The standard InChI is InChI=1S/C20H23ClFNO3/c1-24-16-4-2-15(3-5-16)20(8-9-23-10-12-25-13-11-23)26-17-6-7-19(22)18(21)14-17/h2-7,14,20H,8-13H2,1H3/t20-/m0/s1. The molecular formula is C20H23ClFNO3. The molecule has 1 aliphatic rings. The van der Waals surface area contributed by atoms with Crippen LogP contribution in [-0.4, -0.2) is 44.9 Å². The van der Waals surface area contributed by atoms with Gasteiger partial charge >= 0.3 is 0 Å². The molecule has 0 bridgehead atoms. The Balaban J connectivity index is 1.73. The smallest absolute Gasteiger partial charge is 0.142 e. The van der Waals surface area contributed by atoms with E-state index in [0.29, 0.717) is 5.75 Å². The minimum Gasteiger partial charge on any atom is -0.497 e. The van der Waals surface area contributed by atoms with Crippen molar-refractivity contribution in [3.05, 3.63) is 58.9 Å². The number of halogens is 2. The van der Waals surface area contributed by atoms with E-state index in [-0.39, 0.29) is 11.1 Å². The van der Waals surface area contributed by atoms with E-state index >= 15 is 0 Å². The van der Waals surface area contributed by atoms with Gasteiger partial charge in [0, 0.05) is 32.1 Å². The molecule has 3 rings (SSSR count). The fraction of sp³-hybridized carbons (Fsp3) is 0.400. The highest BCUT2D eigenvalue weighted by Crippen LogP contribution is 2.29. The molecule has 0 N–H and O–H groups in total. The van der Waals surface area contributed by atoms with E-state index in [4.69, 9.17) is 25.8 Å². The quantitative estimate of drug-likeness (QED) is 0.716. The average Bonchev–Trinajstić information content (AvgIpc) is 2.69. The van der Waals surface area contributed by atoms with E-state index in [2.05, 4.69) is 4.90 Å². The van der Waals surface area contributed by atoms with Crippen LogP contribution in [0.2, 0.25) is 5.02 Å². The minimum atomic E-state index is -0.451. The first-order valence-electron chi connectivity index (χ1n) is 8.71. The van der Waals surface area contributed by atoms with E-state index in [0.717, 1.165) is 50.6 Å². The molecular weight excluding hydrogens is 357 g/mol. The van der Waals surface area contributed by atoms with E-state index in [1.807, 2.05) is 24.3 Å². The second-order valence-electron chi connectivity index (χ2n) is 6.20. The molecule has 26 heavy (non-hydrogen) atoms. The van der Waals surface area contributed by atoms with Gasteiger partial charge in [0.15, 0.2) is 0 Å². The zero-order valence-electron chi connectivity index (χ0n) is 14.8. The molecule has 0 aliphatic carbocycles. The largest absolute Gasteiger partial charge is 0.497 e. The Bertz CT molecular complexity index is 705. The highest BCUT2D eigenvalue weighted by Gasteiger charge is 2.18. The van der Waals surface area contributed by atoms with Crippen LogP contribution in [0.15, 0.2) is 42.5 Å². The topological polar surface area (TPSA) is 30.9 Å². The van der Waals surface area contributed by atoms with Gasteiger partial charge in [0.25, 0.3) is 0 Å². The molecule has 0 amide bonds. The first kappa shape index (κ1) is 19.0. The molecule has 6 heteroatoms. The summed E-state index contributed by atoms with van der Waals surface area (Å²) in [6, 6.07) is 12.3. The van der Waals surface area contributed by atoms with Gasteiger partial charge in [-0.25, -0.2) is 4.39 Å². The van der Waals surface area contributed by atoms with Gasteiger partial charge in [-0.15, -0.1) is 0 Å². The van der Waals surface area contributed by atoms with Crippen LogP contribution in [0.1, 0.15) is 18.1 Å². The number of ether oxygens (including phenoxy) is 3. The van der Waals surface area contributed by atoms with Crippen LogP contribution >= 0.6 is 11.6 Å². The van der Waals surface area contributed by atoms with Crippen molar-refractivity contribution in [3.63, 3.8) is 0 Å².